The maximum Gasteiger partial charge on any atom is 0.236 e. The molecule has 1 heterocycles. The Morgan fingerprint density at radius 2 is 2.12 bits per heavy atom. The van der Waals surface area contributed by atoms with E-state index in [4.69, 9.17) is 5.73 Å². The van der Waals surface area contributed by atoms with Crippen LogP contribution < -0.4 is 5.73 Å². The fourth-order valence-electron chi connectivity index (χ4n) is 2.40. The summed E-state index contributed by atoms with van der Waals surface area (Å²) in [6.07, 6.45) is 2.25. The number of piperidine rings is 1. The second kappa shape index (κ2) is 6.97. The highest BCUT2D eigenvalue weighted by Crippen LogP contribution is 2.18. The average molecular weight is 241 g/mol. The Balaban J connectivity index is 2.46. The molecular weight excluding hydrogens is 214 g/mol. The number of hydrogen-bond acceptors (Lipinski definition) is 3. The van der Waals surface area contributed by atoms with Crippen LogP contribution in [0.2, 0.25) is 0 Å². The highest BCUT2D eigenvalue weighted by Gasteiger charge is 2.26. The third-order valence-electron chi connectivity index (χ3n) is 3.81. The number of nitrogens with zero attached hydrogens (tertiary/aromatic N) is 2. The molecule has 2 N–H and O–H groups in total. The lowest BCUT2D eigenvalue weighted by Crippen LogP contribution is -2.48. The van der Waals surface area contributed by atoms with Gasteiger partial charge < -0.3 is 10.6 Å². The van der Waals surface area contributed by atoms with E-state index in [1.54, 1.807) is 0 Å². The van der Waals surface area contributed by atoms with Gasteiger partial charge in [0.15, 0.2) is 0 Å². The molecule has 2 unspecified atom stereocenters. The molecule has 1 amide bonds. The van der Waals surface area contributed by atoms with Gasteiger partial charge in [-0.05, 0) is 38.8 Å². The predicted molar refractivity (Wildman–Crippen MR) is 70.7 cm³/mol. The fourth-order valence-corrected chi connectivity index (χ4v) is 2.40. The Hall–Kier alpha value is -0.610. The number of hydrogen-bond donors (Lipinski definition) is 1. The van der Waals surface area contributed by atoms with Crippen LogP contribution in [0, 0.1) is 5.92 Å². The van der Waals surface area contributed by atoms with Crippen molar-refractivity contribution in [1.29, 1.82) is 0 Å². The summed E-state index contributed by atoms with van der Waals surface area (Å²) in [5, 5.41) is 0. The zero-order chi connectivity index (χ0) is 12.8. The third-order valence-corrected chi connectivity index (χ3v) is 3.81. The van der Waals surface area contributed by atoms with Crippen LogP contribution in [0.3, 0.4) is 0 Å². The molecule has 100 valence electrons. The van der Waals surface area contributed by atoms with E-state index in [9.17, 15) is 4.79 Å². The SMILES string of the molecule is CCN(CC)CC(=O)N1CCCC(C(C)N)C1. The summed E-state index contributed by atoms with van der Waals surface area (Å²) in [4.78, 5) is 16.3. The molecule has 17 heavy (non-hydrogen) atoms. The number of carbonyl (C=O) groups is 1. The standard InChI is InChI=1S/C13H27N3O/c1-4-15(5-2)10-13(17)16-8-6-7-12(9-16)11(3)14/h11-12H,4-10,14H2,1-3H3. The quantitative estimate of drug-likeness (QED) is 0.778. The maximum atomic E-state index is 12.1. The van der Waals surface area contributed by atoms with E-state index in [0.717, 1.165) is 39.0 Å². The molecule has 1 fully saturated rings. The highest BCUT2D eigenvalue weighted by molar-refractivity contribution is 5.78. The first-order valence-electron chi connectivity index (χ1n) is 6.84. The molecule has 0 saturated carbocycles. The number of amides is 1. The van der Waals surface area contributed by atoms with E-state index in [-0.39, 0.29) is 11.9 Å². The van der Waals surface area contributed by atoms with Gasteiger partial charge in [0, 0.05) is 19.1 Å². The molecule has 1 saturated heterocycles. The molecule has 0 aromatic rings. The largest absolute Gasteiger partial charge is 0.341 e. The Morgan fingerprint density at radius 3 is 2.65 bits per heavy atom. The summed E-state index contributed by atoms with van der Waals surface area (Å²) in [5.41, 5.74) is 5.93. The van der Waals surface area contributed by atoms with Crippen LogP contribution in [0.25, 0.3) is 0 Å². The van der Waals surface area contributed by atoms with Crippen LogP contribution in [0.1, 0.15) is 33.6 Å². The molecule has 0 spiro atoms. The molecule has 0 aromatic heterocycles. The highest BCUT2D eigenvalue weighted by atomic mass is 16.2. The lowest BCUT2D eigenvalue weighted by atomic mass is 9.92. The van der Waals surface area contributed by atoms with Gasteiger partial charge in [0.2, 0.25) is 5.91 Å². The van der Waals surface area contributed by atoms with E-state index in [1.165, 1.54) is 0 Å². The number of rotatable bonds is 5. The molecule has 0 radical (unpaired) electrons. The number of likely N-dealkylation sites (tertiary alicyclic amines) is 1. The van der Waals surface area contributed by atoms with Gasteiger partial charge in [0.05, 0.1) is 6.54 Å². The van der Waals surface area contributed by atoms with Crippen molar-refractivity contribution < 1.29 is 4.79 Å². The third kappa shape index (κ3) is 4.28. The Bertz CT molecular complexity index is 239. The Kier molecular flexibility index (Phi) is 5.92. The van der Waals surface area contributed by atoms with Crippen molar-refractivity contribution >= 4 is 5.91 Å². The minimum absolute atomic E-state index is 0.194. The minimum atomic E-state index is 0.194. The molecule has 0 aliphatic carbocycles. The van der Waals surface area contributed by atoms with Crippen LogP contribution >= 0.6 is 0 Å². The summed E-state index contributed by atoms with van der Waals surface area (Å²) in [6.45, 7) is 10.4. The number of likely N-dealkylation sites (N-methyl/N-ethyl adjacent to an activating group) is 1. The van der Waals surface area contributed by atoms with Gasteiger partial charge in [-0.2, -0.15) is 0 Å². The zero-order valence-electron chi connectivity index (χ0n) is 11.5. The van der Waals surface area contributed by atoms with Gasteiger partial charge in [0.25, 0.3) is 0 Å². The van der Waals surface area contributed by atoms with Crippen molar-refractivity contribution in [1.82, 2.24) is 9.80 Å². The molecule has 0 bridgehead atoms. The summed E-state index contributed by atoms with van der Waals surface area (Å²) in [7, 11) is 0. The smallest absolute Gasteiger partial charge is 0.236 e. The van der Waals surface area contributed by atoms with Crippen molar-refractivity contribution in [2.75, 3.05) is 32.7 Å². The van der Waals surface area contributed by atoms with Gasteiger partial charge in [-0.1, -0.05) is 13.8 Å². The first-order chi connectivity index (χ1) is 8.08. The summed E-state index contributed by atoms with van der Waals surface area (Å²) >= 11 is 0. The molecule has 4 nitrogen and oxygen atoms in total. The van der Waals surface area contributed by atoms with E-state index in [0.29, 0.717) is 12.5 Å². The topological polar surface area (TPSA) is 49.6 Å². The number of carbonyl (C=O) groups excluding carboxylic acids is 1. The molecule has 1 aliphatic heterocycles. The summed E-state index contributed by atoms with van der Waals surface area (Å²) < 4.78 is 0. The molecule has 1 aliphatic rings. The van der Waals surface area contributed by atoms with E-state index >= 15 is 0 Å². The van der Waals surface area contributed by atoms with Gasteiger partial charge in [-0.15, -0.1) is 0 Å². The van der Waals surface area contributed by atoms with E-state index in [1.807, 2.05) is 11.8 Å². The number of nitrogens with two attached hydrogens (primary N) is 1. The van der Waals surface area contributed by atoms with Gasteiger partial charge in [-0.25, -0.2) is 0 Å². The van der Waals surface area contributed by atoms with E-state index < -0.39 is 0 Å². The Morgan fingerprint density at radius 1 is 1.47 bits per heavy atom. The minimum Gasteiger partial charge on any atom is -0.341 e. The van der Waals surface area contributed by atoms with Crippen molar-refractivity contribution in [3.8, 4) is 0 Å². The summed E-state index contributed by atoms with van der Waals surface area (Å²) in [6, 6.07) is 0.194. The molecule has 0 aromatic carbocycles. The van der Waals surface area contributed by atoms with Crippen LogP contribution in [0.5, 0.6) is 0 Å². The second-order valence-electron chi connectivity index (χ2n) is 5.06. The first-order valence-corrected chi connectivity index (χ1v) is 6.84. The molecule has 1 rings (SSSR count). The van der Waals surface area contributed by atoms with Crippen LogP contribution in [0.4, 0.5) is 0 Å². The van der Waals surface area contributed by atoms with Crippen molar-refractivity contribution in [2.24, 2.45) is 11.7 Å². The monoisotopic (exact) mass is 241 g/mol. The Labute approximate surface area is 105 Å². The van der Waals surface area contributed by atoms with Crippen molar-refractivity contribution in [3.63, 3.8) is 0 Å². The fraction of sp³-hybridized carbons (Fsp3) is 0.923. The maximum absolute atomic E-state index is 12.1. The second-order valence-corrected chi connectivity index (χ2v) is 5.06. The van der Waals surface area contributed by atoms with E-state index in [2.05, 4.69) is 18.7 Å². The lowest BCUT2D eigenvalue weighted by Gasteiger charge is -2.35. The first kappa shape index (κ1) is 14.5. The predicted octanol–water partition coefficient (Wildman–Crippen LogP) is 0.914. The van der Waals surface area contributed by atoms with Gasteiger partial charge in [-0.3, -0.25) is 9.69 Å². The van der Waals surface area contributed by atoms with Gasteiger partial charge in [0.1, 0.15) is 0 Å². The zero-order valence-corrected chi connectivity index (χ0v) is 11.5. The molecular formula is C13H27N3O. The molecule has 4 heteroatoms. The summed E-state index contributed by atoms with van der Waals surface area (Å²) in [5.74, 6) is 0.739. The van der Waals surface area contributed by atoms with Crippen LogP contribution in [0.15, 0.2) is 0 Å². The van der Waals surface area contributed by atoms with Gasteiger partial charge >= 0.3 is 0 Å². The normalized spacial score (nSPS) is 22.9. The average Bonchev–Trinajstić information content (AvgIpc) is 2.35. The lowest BCUT2D eigenvalue weighted by molar-refractivity contribution is -0.134. The van der Waals surface area contributed by atoms with Crippen LogP contribution in [-0.2, 0) is 4.79 Å². The van der Waals surface area contributed by atoms with Crippen molar-refractivity contribution in [3.05, 3.63) is 0 Å². The van der Waals surface area contributed by atoms with Crippen LogP contribution in [-0.4, -0.2) is 54.5 Å². The molecule has 2 atom stereocenters. The van der Waals surface area contributed by atoms with Crippen molar-refractivity contribution in [2.45, 2.75) is 39.7 Å².